The molecule has 28 heavy (non-hydrogen) atoms. The molecule has 1 aromatic carbocycles. The quantitative estimate of drug-likeness (QED) is 0.493. The van der Waals surface area contributed by atoms with Crippen molar-refractivity contribution in [3.05, 3.63) is 39.7 Å². The van der Waals surface area contributed by atoms with Crippen molar-refractivity contribution >= 4 is 56.5 Å². The molecule has 1 aliphatic carbocycles. The molecule has 0 fully saturated rings. The number of primary amides is 1. The number of aryl methyl sites for hydroxylation is 2. The molecule has 142 valence electrons. The summed E-state index contributed by atoms with van der Waals surface area (Å²) in [6.07, 6.45) is 4.50. The van der Waals surface area contributed by atoms with Crippen LogP contribution in [0.3, 0.4) is 0 Å². The Morgan fingerprint density at radius 3 is 2.89 bits per heavy atom. The van der Waals surface area contributed by atoms with E-state index in [0.29, 0.717) is 16.0 Å². The number of fused-ring (bicyclic) bond motifs is 5. The fourth-order valence-electron chi connectivity index (χ4n) is 3.68. The number of hydrogen-bond acceptors (Lipinski definition) is 6. The smallest absolute Gasteiger partial charge is 0.227 e. The highest BCUT2D eigenvalue weighted by atomic mass is 35.5. The maximum absolute atomic E-state index is 11.3. The summed E-state index contributed by atoms with van der Waals surface area (Å²) in [5.41, 5.74) is 8.26. The molecule has 0 aliphatic heterocycles. The summed E-state index contributed by atoms with van der Waals surface area (Å²) in [6.45, 7) is 0. The highest BCUT2D eigenvalue weighted by Gasteiger charge is 2.24. The van der Waals surface area contributed by atoms with E-state index < -0.39 is 5.91 Å². The molecule has 4 aromatic rings. The lowest BCUT2D eigenvalue weighted by Crippen LogP contribution is -2.13. The van der Waals surface area contributed by atoms with Gasteiger partial charge in [0.05, 0.1) is 16.2 Å². The third kappa shape index (κ3) is 2.87. The Bertz CT molecular complexity index is 1230. The van der Waals surface area contributed by atoms with Crippen LogP contribution < -0.4 is 5.73 Å². The summed E-state index contributed by atoms with van der Waals surface area (Å²) in [6, 6.07) is 7.60. The number of benzene rings is 1. The highest BCUT2D eigenvalue weighted by Crippen LogP contribution is 2.40. The molecule has 3 heterocycles. The Morgan fingerprint density at radius 1 is 1.25 bits per heavy atom. The number of hydrogen-bond donors (Lipinski definition) is 1. The van der Waals surface area contributed by atoms with Gasteiger partial charge in [-0.25, -0.2) is 4.98 Å². The molecule has 0 saturated heterocycles. The molecule has 0 spiro atoms. The van der Waals surface area contributed by atoms with E-state index in [2.05, 4.69) is 10.2 Å². The van der Waals surface area contributed by atoms with E-state index in [1.165, 1.54) is 35.0 Å². The summed E-state index contributed by atoms with van der Waals surface area (Å²) in [7, 11) is 0. The lowest BCUT2D eigenvalue weighted by atomic mass is 9.97. The largest absolute Gasteiger partial charge is 0.369 e. The SMILES string of the molecule is NC(=O)CSc1nnc2c3c4c(sc3nc(-c3ccccc3Cl)n12)CCCC4. The molecule has 0 atom stereocenters. The molecule has 0 bridgehead atoms. The number of halogens is 1. The molecule has 0 saturated carbocycles. The van der Waals surface area contributed by atoms with Gasteiger partial charge in [0.2, 0.25) is 5.91 Å². The summed E-state index contributed by atoms with van der Waals surface area (Å²) in [4.78, 5) is 18.7. The van der Waals surface area contributed by atoms with Crippen molar-refractivity contribution in [3.63, 3.8) is 0 Å². The van der Waals surface area contributed by atoms with E-state index in [1.54, 1.807) is 11.3 Å². The third-order valence-electron chi connectivity index (χ3n) is 4.89. The van der Waals surface area contributed by atoms with Crippen LogP contribution in [0.5, 0.6) is 0 Å². The zero-order chi connectivity index (χ0) is 19.3. The monoisotopic (exact) mass is 429 g/mol. The van der Waals surface area contributed by atoms with Crippen LogP contribution in [0.2, 0.25) is 5.02 Å². The van der Waals surface area contributed by atoms with Gasteiger partial charge in [0, 0.05) is 10.4 Å². The predicted octanol–water partition coefficient (Wildman–Crippen LogP) is 4.12. The van der Waals surface area contributed by atoms with Crippen LogP contribution in [0.4, 0.5) is 0 Å². The summed E-state index contributed by atoms with van der Waals surface area (Å²) in [5, 5.41) is 11.1. The number of nitrogens with two attached hydrogens (primary N) is 1. The van der Waals surface area contributed by atoms with Gasteiger partial charge in [0.25, 0.3) is 0 Å². The fraction of sp³-hybridized carbons (Fsp3) is 0.263. The second-order valence-electron chi connectivity index (χ2n) is 6.70. The van der Waals surface area contributed by atoms with Crippen LogP contribution in [0.25, 0.3) is 27.3 Å². The average molecular weight is 430 g/mol. The van der Waals surface area contributed by atoms with Gasteiger partial charge in [0.15, 0.2) is 16.6 Å². The Hall–Kier alpha value is -2.16. The van der Waals surface area contributed by atoms with Crippen LogP contribution >= 0.6 is 34.7 Å². The first-order valence-electron chi connectivity index (χ1n) is 8.99. The molecule has 5 rings (SSSR count). The molecule has 9 heteroatoms. The van der Waals surface area contributed by atoms with E-state index >= 15 is 0 Å². The number of carbonyl (C=O) groups excluding carboxylic acids is 1. The van der Waals surface area contributed by atoms with Gasteiger partial charge in [0.1, 0.15) is 4.83 Å². The zero-order valence-corrected chi connectivity index (χ0v) is 17.2. The topological polar surface area (TPSA) is 86.2 Å². The van der Waals surface area contributed by atoms with Crippen LogP contribution in [-0.4, -0.2) is 31.2 Å². The number of rotatable bonds is 4. The Morgan fingerprint density at radius 2 is 2.07 bits per heavy atom. The van der Waals surface area contributed by atoms with E-state index in [0.717, 1.165) is 34.3 Å². The average Bonchev–Trinajstić information content (AvgIpc) is 3.27. The van der Waals surface area contributed by atoms with Crippen molar-refractivity contribution in [2.75, 3.05) is 5.75 Å². The van der Waals surface area contributed by atoms with Crippen LogP contribution in [0, 0.1) is 0 Å². The maximum atomic E-state index is 11.3. The highest BCUT2D eigenvalue weighted by molar-refractivity contribution is 7.99. The van der Waals surface area contributed by atoms with Crippen molar-refractivity contribution in [2.24, 2.45) is 5.73 Å². The molecular formula is C19H16ClN5OS2. The van der Waals surface area contributed by atoms with E-state index in [4.69, 9.17) is 22.3 Å². The second kappa shape index (κ2) is 7.02. The molecule has 1 amide bonds. The van der Waals surface area contributed by atoms with Crippen molar-refractivity contribution in [2.45, 2.75) is 30.8 Å². The fourth-order valence-corrected chi connectivity index (χ4v) is 5.83. The van der Waals surface area contributed by atoms with Crippen molar-refractivity contribution in [1.82, 2.24) is 19.6 Å². The summed E-state index contributed by atoms with van der Waals surface area (Å²) < 4.78 is 1.92. The molecule has 6 nitrogen and oxygen atoms in total. The summed E-state index contributed by atoms with van der Waals surface area (Å²) >= 11 is 9.49. The molecule has 3 aromatic heterocycles. The number of carbonyl (C=O) groups is 1. The lowest BCUT2D eigenvalue weighted by molar-refractivity contribution is -0.115. The molecule has 0 radical (unpaired) electrons. The number of thioether (sulfide) groups is 1. The van der Waals surface area contributed by atoms with Gasteiger partial charge in [-0.05, 0) is 43.4 Å². The third-order valence-corrected chi connectivity index (χ3v) is 7.35. The summed E-state index contributed by atoms with van der Waals surface area (Å²) in [5.74, 6) is 0.411. The van der Waals surface area contributed by atoms with Gasteiger partial charge in [-0.3, -0.25) is 9.20 Å². The van der Waals surface area contributed by atoms with Crippen molar-refractivity contribution in [3.8, 4) is 11.4 Å². The Balaban J connectivity index is 1.84. The minimum atomic E-state index is -0.400. The van der Waals surface area contributed by atoms with Gasteiger partial charge in [-0.2, -0.15) is 0 Å². The van der Waals surface area contributed by atoms with E-state index in [-0.39, 0.29) is 5.75 Å². The first kappa shape index (κ1) is 17.9. The van der Waals surface area contributed by atoms with Crippen LogP contribution in [0.15, 0.2) is 29.4 Å². The zero-order valence-electron chi connectivity index (χ0n) is 14.8. The van der Waals surface area contributed by atoms with Crippen molar-refractivity contribution < 1.29 is 4.79 Å². The van der Waals surface area contributed by atoms with Gasteiger partial charge in [-0.1, -0.05) is 35.5 Å². The second-order valence-corrected chi connectivity index (χ2v) is 9.14. The maximum Gasteiger partial charge on any atom is 0.227 e. The standard InChI is InChI=1S/C19H16ClN5OS2/c20-12-7-3-1-5-10(12)16-22-18-15(11-6-2-4-8-13(11)28-18)17-23-24-19(25(16)17)27-9-14(21)26/h1,3,5,7H,2,4,6,8-9H2,(H2,21,26). The van der Waals surface area contributed by atoms with Gasteiger partial charge < -0.3 is 5.73 Å². The number of aromatic nitrogens is 4. The number of thiophene rings is 1. The predicted molar refractivity (Wildman–Crippen MR) is 113 cm³/mol. The number of nitrogens with zero attached hydrogens (tertiary/aromatic N) is 4. The Labute approximate surface area is 174 Å². The number of amides is 1. The van der Waals surface area contributed by atoms with Crippen LogP contribution in [0.1, 0.15) is 23.3 Å². The van der Waals surface area contributed by atoms with Crippen molar-refractivity contribution in [1.29, 1.82) is 0 Å². The normalized spacial score (nSPS) is 13.9. The lowest BCUT2D eigenvalue weighted by Gasteiger charge is -2.11. The minimum Gasteiger partial charge on any atom is -0.369 e. The van der Waals surface area contributed by atoms with Crippen LogP contribution in [-0.2, 0) is 17.6 Å². The first-order chi connectivity index (χ1) is 13.6. The molecule has 2 N–H and O–H groups in total. The van der Waals surface area contributed by atoms with E-state index in [1.807, 2.05) is 28.7 Å². The Kier molecular flexibility index (Phi) is 4.49. The molecule has 1 aliphatic rings. The molecular weight excluding hydrogens is 414 g/mol. The van der Waals surface area contributed by atoms with Gasteiger partial charge >= 0.3 is 0 Å². The van der Waals surface area contributed by atoms with Gasteiger partial charge in [-0.15, -0.1) is 21.5 Å². The van der Waals surface area contributed by atoms with E-state index in [9.17, 15) is 4.79 Å². The molecule has 0 unspecified atom stereocenters. The minimum absolute atomic E-state index is 0.128. The first-order valence-corrected chi connectivity index (χ1v) is 11.2.